The van der Waals surface area contributed by atoms with Gasteiger partial charge in [-0.3, -0.25) is 9.59 Å². The summed E-state index contributed by atoms with van der Waals surface area (Å²) < 4.78 is 0. The van der Waals surface area contributed by atoms with Crippen molar-refractivity contribution in [2.75, 3.05) is 5.32 Å². The molecule has 0 aliphatic heterocycles. The number of para-hydroxylation sites is 1. The molecule has 0 saturated heterocycles. The minimum atomic E-state index is -0.827. The van der Waals surface area contributed by atoms with Gasteiger partial charge in [0.15, 0.2) is 0 Å². The van der Waals surface area contributed by atoms with Gasteiger partial charge >= 0.3 is 5.97 Å². The van der Waals surface area contributed by atoms with Crippen molar-refractivity contribution in [3.8, 4) is 0 Å². The summed E-state index contributed by atoms with van der Waals surface area (Å²) in [6, 6.07) is 7.35. The number of carbonyl (C=O) groups is 2. The molecule has 0 aliphatic carbocycles. The second kappa shape index (κ2) is 9.45. The van der Waals surface area contributed by atoms with Crippen molar-refractivity contribution in [2.24, 2.45) is 0 Å². The Bertz CT molecular complexity index is 476. The molecule has 1 rings (SSSR count). The number of anilines is 1. The van der Waals surface area contributed by atoms with Gasteiger partial charge in [-0.15, -0.1) is 11.8 Å². The van der Waals surface area contributed by atoms with E-state index in [2.05, 4.69) is 12.2 Å². The van der Waals surface area contributed by atoms with Crippen LogP contribution in [-0.2, 0) is 9.59 Å². The highest BCUT2D eigenvalue weighted by Crippen LogP contribution is 2.32. The fourth-order valence-electron chi connectivity index (χ4n) is 1.88. The number of thioether (sulfide) groups is 1. The van der Waals surface area contributed by atoms with Gasteiger partial charge in [-0.05, 0) is 25.0 Å². The number of rotatable bonds is 9. The van der Waals surface area contributed by atoms with E-state index in [9.17, 15) is 9.59 Å². The third kappa shape index (κ3) is 6.21. The highest BCUT2D eigenvalue weighted by molar-refractivity contribution is 8.00. The molecular weight excluding hydrogens is 286 g/mol. The molecule has 0 heterocycles. The molecule has 0 radical (unpaired) electrons. The molecule has 1 atom stereocenters. The predicted molar refractivity (Wildman–Crippen MR) is 86.8 cm³/mol. The molecule has 0 spiro atoms. The van der Waals surface area contributed by atoms with E-state index in [4.69, 9.17) is 5.11 Å². The lowest BCUT2D eigenvalue weighted by Gasteiger charge is -2.14. The molecule has 0 aromatic heterocycles. The lowest BCUT2D eigenvalue weighted by atomic mass is 10.2. The largest absolute Gasteiger partial charge is 0.480 e. The standard InChI is InChI=1S/C16H23NO3S/c1-3-5-6-11-15(18)17-12-9-7-8-10-14(12)21-13(4-2)16(19)20/h7-10,13H,3-6,11H2,1-2H3,(H,17,18)(H,19,20)/t13-/m0/s1. The van der Waals surface area contributed by atoms with E-state index >= 15 is 0 Å². The Morgan fingerprint density at radius 1 is 1.24 bits per heavy atom. The molecule has 0 fully saturated rings. The number of benzene rings is 1. The summed E-state index contributed by atoms with van der Waals surface area (Å²) in [5.41, 5.74) is 0.698. The summed E-state index contributed by atoms with van der Waals surface area (Å²) in [4.78, 5) is 23.8. The summed E-state index contributed by atoms with van der Waals surface area (Å²) in [5, 5.41) is 11.5. The average Bonchev–Trinajstić information content (AvgIpc) is 2.46. The van der Waals surface area contributed by atoms with Gasteiger partial charge in [-0.1, -0.05) is 38.8 Å². The molecule has 0 unspecified atom stereocenters. The first-order valence-electron chi connectivity index (χ1n) is 7.36. The van der Waals surface area contributed by atoms with Gasteiger partial charge in [0.05, 0.1) is 5.69 Å². The number of carbonyl (C=O) groups excluding carboxylic acids is 1. The van der Waals surface area contributed by atoms with Gasteiger partial charge < -0.3 is 10.4 Å². The Kier molecular flexibility index (Phi) is 7.90. The van der Waals surface area contributed by atoms with Crippen LogP contribution in [0.15, 0.2) is 29.2 Å². The number of unbranched alkanes of at least 4 members (excludes halogenated alkanes) is 2. The summed E-state index contributed by atoms with van der Waals surface area (Å²) in [7, 11) is 0. The number of aliphatic carboxylic acids is 1. The predicted octanol–water partition coefficient (Wildman–Crippen LogP) is 4.16. The van der Waals surface area contributed by atoms with Crippen LogP contribution in [0.3, 0.4) is 0 Å². The topological polar surface area (TPSA) is 66.4 Å². The fraction of sp³-hybridized carbons (Fsp3) is 0.500. The van der Waals surface area contributed by atoms with E-state index < -0.39 is 11.2 Å². The molecule has 1 aromatic carbocycles. The fourth-order valence-corrected chi connectivity index (χ4v) is 2.86. The van der Waals surface area contributed by atoms with Gasteiger partial charge in [0.1, 0.15) is 5.25 Å². The first-order chi connectivity index (χ1) is 10.1. The smallest absolute Gasteiger partial charge is 0.316 e. The molecule has 4 nitrogen and oxygen atoms in total. The summed E-state index contributed by atoms with van der Waals surface area (Å²) >= 11 is 1.28. The van der Waals surface area contributed by atoms with E-state index in [1.54, 1.807) is 0 Å². The van der Waals surface area contributed by atoms with Crippen molar-refractivity contribution < 1.29 is 14.7 Å². The van der Waals surface area contributed by atoms with Gasteiger partial charge in [0.2, 0.25) is 5.91 Å². The number of nitrogens with one attached hydrogen (secondary N) is 1. The van der Waals surface area contributed by atoms with Crippen LogP contribution in [0.1, 0.15) is 46.0 Å². The van der Waals surface area contributed by atoms with Crippen LogP contribution in [0, 0.1) is 0 Å². The summed E-state index contributed by atoms with van der Waals surface area (Å²) in [6.45, 7) is 3.94. The maximum absolute atomic E-state index is 11.9. The Balaban J connectivity index is 2.70. The van der Waals surface area contributed by atoms with Crippen molar-refractivity contribution in [1.82, 2.24) is 0 Å². The Morgan fingerprint density at radius 3 is 2.57 bits per heavy atom. The van der Waals surface area contributed by atoms with Gasteiger partial charge in [-0.25, -0.2) is 0 Å². The second-order valence-electron chi connectivity index (χ2n) is 4.85. The van der Waals surface area contributed by atoms with Crippen LogP contribution >= 0.6 is 11.8 Å². The molecule has 21 heavy (non-hydrogen) atoms. The normalized spacial score (nSPS) is 11.9. The van der Waals surface area contributed by atoms with Crippen LogP contribution in [0.5, 0.6) is 0 Å². The van der Waals surface area contributed by atoms with Crippen molar-refractivity contribution in [1.29, 1.82) is 0 Å². The number of hydrogen-bond acceptors (Lipinski definition) is 3. The first-order valence-corrected chi connectivity index (χ1v) is 8.24. The maximum Gasteiger partial charge on any atom is 0.316 e. The number of carboxylic acids is 1. The van der Waals surface area contributed by atoms with E-state index in [0.29, 0.717) is 18.5 Å². The van der Waals surface area contributed by atoms with Crippen molar-refractivity contribution in [3.63, 3.8) is 0 Å². The zero-order valence-electron chi connectivity index (χ0n) is 12.6. The third-order valence-electron chi connectivity index (χ3n) is 3.08. The summed E-state index contributed by atoms with van der Waals surface area (Å²) in [5.74, 6) is -0.841. The van der Waals surface area contributed by atoms with Crippen LogP contribution in [0.2, 0.25) is 0 Å². The van der Waals surface area contributed by atoms with Crippen molar-refractivity contribution >= 4 is 29.3 Å². The molecule has 0 bridgehead atoms. The summed E-state index contributed by atoms with van der Waals surface area (Å²) in [6.07, 6.45) is 4.05. The van der Waals surface area contributed by atoms with Gasteiger partial charge in [-0.2, -0.15) is 0 Å². The van der Waals surface area contributed by atoms with Crippen LogP contribution in [0.25, 0.3) is 0 Å². The Labute approximate surface area is 130 Å². The van der Waals surface area contributed by atoms with Crippen LogP contribution < -0.4 is 5.32 Å². The number of hydrogen-bond donors (Lipinski definition) is 2. The van der Waals surface area contributed by atoms with E-state index in [1.165, 1.54) is 11.8 Å². The maximum atomic E-state index is 11.9. The van der Waals surface area contributed by atoms with Crippen LogP contribution in [0.4, 0.5) is 5.69 Å². The highest BCUT2D eigenvalue weighted by atomic mass is 32.2. The first kappa shape index (κ1) is 17.6. The monoisotopic (exact) mass is 309 g/mol. The molecule has 1 aromatic rings. The molecule has 0 saturated carbocycles. The SMILES string of the molecule is CCCCCC(=O)Nc1ccccc1S[C@@H](CC)C(=O)O. The van der Waals surface area contributed by atoms with Gasteiger partial charge in [0, 0.05) is 11.3 Å². The average molecular weight is 309 g/mol. The van der Waals surface area contributed by atoms with E-state index in [1.807, 2.05) is 31.2 Å². The van der Waals surface area contributed by atoms with Gasteiger partial charge in [0.25, 0.3) is 0 Å². The second-order valence-corrected chi connectivity index (χ2v) is 6.10. The molecule has 116 valence electrons. The van der Waals surface area contributed by atoms with Crippen molar-refractivity contribution in [3.05, 3.63) is 24.3 Å². The number of amides is 1. The quantitative estimate of drug-likeness (QED) is 0.531. The van der Waals surface area contributed by atoms with E-state index in [-0.39, 0.29) is 5.91 Å². The minimum Gasteiger partial charge on any atom is -0.480 e. The number of carboxylic acid groups (broad SMARTS) is 1. The zero-order chi connectivity index (χ0) is 15.7. The van der Waals surface area contributed by atoms with Crippen LogP contribution in [-0.4, -0.2) is 22.2 Å². The zero-order valence-corrected chi connectivity index (χ0v) is 13.4. The molecule has 1 amide bonds. The third-order valence-corrected chi connectivity index (χ3v) is 4.51. The Morgan fingerprint density at radius 2 is 1.95 bits per heavy atom. The molecule has 2 N–H and O–H groups in total. The Hall–Kier alpha value is -1.49. The highest BCUT2D eigenvalue weighted by Gasteiger charge is 2.18. The molecular formula is C16H23NO3S. The lowest BCUT2D eigenvalue weighted by molar-refractivity contribution is -0.136. The molecule has 5 heteroatoms. The molecule has 0 aliphatic rings. The van der Waals surface area contributed by atoms with Crippen molar-refractivity contribution in [2.45, 2.75) is 56.1 Å². The minimum absolute atomic E-state index is 0.0140. The van der Waals surface area contributed by atoms with E-state index in [0.717, 1.165) is 24.2 Å². The lowest BCUT2D eigenvalue weighted by Crippen LogP contribution is -2.16.